The van der Waals surface area contributed by atoms with E-state index < -0.39 is 0 Å². The van der Waals surface area contributed by atoms with Crippen LogP contribution in [-0.2, 0) is 0 Å². The second kappa shape index (κ2) is 8.77. The summed E-state index contributed by atoms with van der Waals surface area (Å²) in [5.41, 5.74) is 1.49. The van der Waals surface area contributed by atoms with Crippen molar-refractivity contribution in [3.63, 3.8) is 0 Å². The van der Waals surface area contributed by atoms with Crippen molar-refractivity contribution in [2.45, 2.75) is 13.3 Å². The zero-order valence-corrected chi connectivity index (χ0v) is 14.2. The van der Waals surface area contributed by atoms with Gasteiger partial charge in [0.2, 0.25) is 0 Å². The number of benzene rings is 2. The van der Waals surface area contributed by atoms with Crippen LogP contribution < -0.4 is 14.2 Å². The average Bonchev–Trinajstić information content (AvgIpc) is 2.64. The van der Waals surface area contributed by atoms with E-state index >= 15 is 0 Å². The summed E-state index contributed by atoms with van der Waals surface area (Å²) in [4.78, 5) is 12.2. The maximum Gasteiger partial charge on any atom is 0.185 e. The molecule has 0 spiro atoms. The van der Waals surface area contributed by atoms with Gasteiger partial charge in [0.05, 0.1) is 20.8 Å². The van der Waals surface area contributed by atoms with Crippen molar-refractivity contribution in [2.24, 2.45) is 0 Å². The first-order chi connectivity index (χ1) is 11.7. The highest BCUT2D eigenvalue weighted by Gasteiger charge is 2.06. The fourth-order valence-electron chi connectivity index (χ4n) is 2.15. The average molecular weight is 326 g/mol. The van der Waals surface area contributed by atoms with Gasteiger partial charge < -0.3 is 14.2 Å². The van der Waals surface area contributed by atoms with Gasteiger partial charge in [-0.1, -0.05) is 19.1 Å². The van der Waals surface area contributed by atoms with Crippen LogP contribution in [0.25, 0.3) is 6.08 Å². The first-order valence-corrected chi connectivity index (χ1v) is 7.85. The van der Waals surface area contributed by atoms with Crippen LogP contribution in [0.4, 0.5) is 0 Å². The minimum atomic E-state index is -0.0653. The molecule has 24 heavy (non-hydrogen) atoms. The van der Waals surface area contributed by atoms with E-state index in [1.165, 1.54) is 0 Å². The molecule has 0 amide bonds. The molecule has 0 saturated heterocycles. The van der Waals surface area contributed by atoms with E-state index in [0.717, 1.165) is 17.7 Å². The molecule has 4 nitrogen and oxygen atoms in total. The van der Waals surface area contributed by atoms with E-state index in [-0.39, 0.29) is 5.78 Å². The molecule has 0 saturated carbocycles. The Hall–Kier alpha value is -2.75. The molecule has 2 aromatic carbocycles. The highest BCUT2D eigenvalue weighted by molar-refractivity contribution is 6.06. The van der Waals surface area contributed by atoms with E-state index in [0.29, 0.717) is 23.7 Å². The fraction of sp³-hybridized carbons (Fsp3) is 0.250. The minimum Gasteiger partial charge on any atom is -0.497 e. The Balaban J connectivity index is 2.13. The predicted molar refractivity (Wildman–Crippen MR) is 95.1 cm³/mol. The SMILES string of the molecule is CCCOc1cc(C=CC(=O)c2ccc(OC)cc2)ccc1OC. The largest absolute Gasteiger partial charge is 0.497 e. The quantitative estimate of drug-likeness (QED) is 0.533. The van der Waals surface area contributed by atoms with Gasteiger partial charge >= 0.3 is 0 Å². The summed E-state index contributed by atoms with van der Waals surface area (Å²) < 4.78 is 16.1. The van der Waals surface area contributed by atoms with E-state index in [1.807, 2.05) is 25.1 Å². The Bertz CT molecular complexity index is 702. The number of carbonyl (C=O) groups is 1. The molecular weight excluding hydrogens is 304 g/mol. The second-order valence-corrected chi connectivity index (χ2v) is 5.18. The molecule has 0 heterocycles. The van der Waals surface area contributed by atoms with Gasteiger partial charge in [-0.2, -0.15) is 0 Å². The van der Waals surface area contributed by atoms with Gasteiger partial charge in [-0.25, -0.2) is 0 Å². The minimum absolute atomic E-state index is 0.0653. The molecule has 0 aliphatic rings. The summed E-state index contributed by atoms with van der Waals surface area (Å²) in [5, 5.41) is 0. The number of hydrogen-bond donors (Lipinski definition) is 0. The van der Waals surface area contributed by atoms with E-state index in [4.69, 9.17) is 14.2 Å². The highest BCUT2D eigenvalue weighted by Crippen LogP contribution is 2.28. The molecule has 0 radical (unpaired) electrons. The first-order valence-electron chi connectivity index (χ1n) is 7.85. The Kier molecular flexibility index (Phi) is 6.43. The lowest BCUT2D eigenvalue weighted by Gasteiger charge is -2.10. The van der Waals surface area contributed by atoms with Gasteiger partial charge in [-0.05, 0) is 54.5 Å². The number of rotatable bonds is 8. The van der Waals surface area contributed by atoms with Gasteiger partial charge in [0.25, 0.3) is 0 Å². The van der Waals surface area contributed by atoms with Crippen molar-refractivity contribution in [1.82, 2.24) is 0 Å². The monoisotopic (exact) mass is 326 g/mol. The lowest BCUT2D eigenvalue weighted by Crippen LogP contribution is -1.98. The standard InChI is InChI=1S/C20H22O4/c1-4-13-24-20-14-15(6-12-19(20)23-3)5-11-18(21)16-7-9-17(22-2)10-8-16/h5-12,14H,4,13H2,1-3H3. The maximum atomic E-state index is 12.2. The topological polar surface area (TPSA) is 44.8 Å². The van der Waals surface area contributed by atoms with Crippen LogP contribution >= 0.6 is 0 Å². The van der Waals surface area contributed by atoms with Crippen molar-refractivity contribution in [2.75, 3.05) is 20.8 Å². The number of hydrogen-bond acceptors (Lipinski definition) is 4. The normalized spacial score (nSPS) is 10.6. The van der Waals surface area contributed by atoms with Gasteiger partial charge in [0, 0.05) is 5.56 Å². The Morgan fingerprint density at radius 1 is 1.00 bits per heavy atom. The number of methoxy groups -OCH3 is 2. The van der Waals surface area contributed by atoms with Crippen LogP contribution in [0.15, 0.2) is 48.5 Å². The van der Waals surface area contributed by atoms with Gasteiger partial charge in [0.1, 0.15) is 5.75 Å². The third-order valence-corrected chi connectivity index (χ3v) is 3.45. The van der Waals surface area contributed by atoms with Crippen molar-refractivity contribution in [3.8, 4) is 17.2 Å². The molecule has 0 bridgehead atoms. The van der Waals surface area contributed by atoms with Crippen molar-refractivity contribution < 1.29 is 19.0 Å². The third kappa shape index (κ3) is 4.62. The molecule has 0 aliphatic heterocycles. The number of ether oxygens (including phenoxy) is 3. The summed E-state index contributed by atoms with van der Waals surface area (Å²) in [7, 11) is 3.20. The zero-order valence-electron chi connectivity index (χ0n) is 14.2. The van der Waals surface area contributed by atoms with Gasteiger partial charge in [-0.15, -0.1) is 0 Å². The van der Waals surface area contributed by atoms with Gasteiger partial charge in [-0.3, -0.25) is 4.79 Å². The van der Waals surface area contributed by atoms with Crippen molar-refractivity contribution >= 4 is 11.9 Å². The van der Waals surface area contributed by atoms with Crippen LogP contribution in [0.2, 0.25) is 0 Å². The number of ketones is 1. The Morgan fingerprint density at radius 2 is 1.75 bits per heavy atom. The summed E-state index contributed by atoms with van der Waals surface area (Å²) in [6.45, 7) is 2.66. The fourth-order valence-corrected chi connectivity index (χ4v) is 2.15. The van der Waals surface area contributed by atoms with Crippen LogP contribution in [0.5, 0.6) is 17.2 Å². The molecule has 0 unspecified atom stereocenters. The Labute approximate surface area is 142 Å². The molecule has 2 aromatic rings. The molecule has 4 heteroatoms. The molecule has 0 aliphatic carbocycles. The summed E-state index contributed by atoms with van der Waals surface area (Å²) in [5.74, 6) is 2.02. The van der Waals surface area contributed by atoms with Crippen LogP contribution in [0.3, 0.4) is 0 Å². The summed E-state index contributed by atoms with van der Waals surface area (Å²) in [6, 6.07) is 12.6. The van der Waals surface area contributed by atoms with E-state index in [1.54, 1.807) is 50.6 Å². The second-order valence-electron chi connectivity index (χ2n) is 5.18. The lowest BCUT2D eigenvalue weighted by atomic mass is 10.1. The van der Waals surface area contributed by atoms with Crippen molar-refractivity contribution in [1.29, 1.82) is 0 Å². The smallest absolute Gasteiger partial charge is 0.185 e. The Morgan fingerprint density at radius 3 is 2.38 bits per heavy atom. The van der Waals surface area contributed by atoms with E-state index in [9.17, 15) is 4.79 Å². The zero-order chi connectivity index (χ0) is 17.4. The lowest BCUT2D eigenvalue weighted by molar-refractivity contribution is 0.104. The molecule has 0 aromatic heterocycles. The summed E-state index contributed by atoms with van der Waals surface area (Å²) in [6.07, 6.45) is 4.23. The summed E-state index contributed by atoms with van der Waals surface area (Å²) >= 11 is 0. The van der Waals surface area contributed by atoms with Crippen molar-refractivity contribution in [3.05, 3.63) is 59.7 Å². The number of allylic oxidation sites excluding steroid dienone is 1. The van der Waals surface area contributed by atoms with Crippen LogP contribution in [0, 0.1) is 0 Å². The molecular formula is C20H22O4. The van der Waals surface area contributed by atoms with Crippen LogP contribution in [0.1, 0.15) is 29.3 Å². The molecule has 0 fully saturated rings. The molecule has 2 rings (SSSR count). The highest BCUT2D eigenvalue weighted by atomic mass is 16.5. The molecule has 0 N–H and O–H groups in total. The third-order valence-electron chi connectivity index (χ3n) is 3.45. The van der Waals surface area contributed by atoms with Crippen LogP contribution in [-0.4, -0.2) is 26.6 Å². The van der Waals surface area contributed by atoms with E-state index in [2.05, 4.69) is 0 Å². The molecule has 126 valence electrons. The number of carbonyl (C=O) groups excluding carboxylic acids is 1. The molecule has 0 atom stereocenters. The van der Waals surface area contributed by atoms with Gasteiger partial charge in [0.15, 0.2) is 17.3 Å². The predicted octanol–water partition coefficient (Wildman–Crippen LogP) is 4.39. The maximum absolute atomic E-state index is 12.2. The first kappa shape index (κ1) is 17.6.